The zero-order valence-corrected chi connectivity index (χ0v) is 25.3. The summed E-state index contributed by atoms with van der Waals surface area (Å²) >= 11 is 0.854. The van der Waals surface area contributed by atoms with Crippen LogP contribution in [-0.2, 0) is 25.6 Å². The van der Waals surface area contributed by atoms with E-state index in [2.05, 4.69) is 20.3 Å². The van der Waals surface area contributed by atoms with Gasteiger partial charge in [0.1, 0.15) is 29.6 Å². The van der Waals surface area contributed by atoms with Crippen LogP contribution in [-0.4, -0.2) is 79.5 Å². The van der Waals surface area contributed by atoms with Crippen molar-refractivity contribution in [3.05, 3.63) is 59.3 Å². The van der Waals surface area contributed by atoms with Gasteiger partial charge in [0.25, 0.3) is 11.8 Å². The first-order valence-electron chi connectivity index (χ1n) is 13.8. The smallest absolute Gasteiger partial charge is 0.410 e. The number of pyridine rings is 1. The van der Waals surface area contributed by atoms with Gasteiger partial charge < -0.3 is 34.5 Å². The molecule has 2 aromatic rings. The van der Waals surface area contributed by atoms with Crippen molar-refractivity contribution in [3.8, 4) is 11.5 Å². The molecule has 43 heavy (non-hydrogen) atoms. The van der Waals surface area contributed by atoms with E-state index in [9.17, 15) is 18.8 Å². The Bertz CT molecular complexity index is 1370. The number of methoxy groups -OCH3 is 1. The molecule has 232 valence electrons. The largest absolute Gasteiger partial charge is 0.492 e. The number of hydrogen-bond acceptors (Lipinski definition) is 10. The van der Waals surface area contributed by atoms with E-state index in [0.29, 0.717) is 49.0 Å². The summed E-state index contributed by atoms with van der Waals surface area (Å²) in [6, 6.07) is 6.12. The summed E-state index contributed by atoms with van der Waals surface area (Å²) in [7, 11) is 1.33. The van der Waals surface area contributed by atoms with E-state index in [0.717, 1.165) is 17.5 Å². The van der Waals surface area contributed by atoms with Crippen molar-refractivity contribution in [1.29, 1.82) is 0 Å². The highest BCUT2D eigenvalue weighted by Gasteiger charge is 2.29. The van der Waals surface area contributed by atoms with Gasteiger partial charge in [-0.2, -0.15) is 0 Å². The Hall–Kier alpha value is -4.04. The molecule has 0 spiro atoms. The average Bonchev–Trinajstić information content (AvgIpc) is 2.97. The number of halogens is 1. The molecule has 1 aromatic heterocycles. The third-order valence-corrected chi connectivity index (χ3v) is 7.21. The van der Waals surface area contributed by atoms with Crippen LogP contribution < -0.4 is 24.8 Å². The van der Waals surface area contributed by atoms with Gasteiger partial charge in [-0.25, -0.2) is 9.18 Å². The Morgan fingerprint density at radius 2 is 2.09 bits per heavy atom. The summed E-state index contributed by atoms with van der Waals surface area (Å²) in [6.07, 6.45) is 2.83. The van der Waals surface area contributed by atoms with Crippen LogP contribution in [0.4, 0.5) is 9.18 Å². The lowest BCUT2D eigenvalue weighted by molar-refractivity contribution is -0.123. The zero-order chi connectivity index (χ0) is 31.0. The molecule has 0 unspecified atom stereocenters. The van der Waals surface area contributed by atoms with Crippen molar-refractivity contribution in [1.82, 2.24) is 25.2 Å². The molecule has 3 amide bonds. The van der Waals surface area contributed by atoms with Gasteiger partial charge in [0, 0.05) is 43.5 Å². The molecule has 0 bridgehead atoms. The lowest BCUT2D eigenvalue weighted by Gasteiger charge is -2.34. The number of para-hydroxylation sites is 1. The van der Waals surface area contributed by atoms with Crippen LogP contribution in [0, 0.1) is 5.82 Å². The maximum atomic E-state index is 14.0. The minimum Gasteiger partial charge on any atom is -0.492 e. The number of amides is 3. The van der Waals surface area contributed by atoms with E-state index < -0.39 is 29.3 Å². The number of aromatic nitrogens is 1. The molecule has 0 saturated carbocycles. The number of morpholine rings is 1. The van der Waals surface area contributed by atoms with Gasteiger partial charge in [0.15, 0.2) is 11.6 Å². The van der Waals surface area contributed by atoms with Gasteiger partial charge in [0.2, 0.25) is 0 Å². The number of nitrogens with zero attached hydrogens (tertiary/aromatic N) is 2. The third kappa shape index (κ3) is 8.74. The summed E-state index contributed by atoms with van der Waals surface area (Å²) in [5.41, 5.74) is 0.539. The van der Waals surface area contributed by atoms with E-state index in [1.54, 1.807) is 29.4 Å². The lowest BCUT2D eigenvalue weighted by atomic mass is 10.1. The van der Waals surface area contributed by atoms with Crippen LogP contribution in [0.1, 0.15) is 32.8 Å². The van der Waals surface area contributed by atoms with Crippen molar-refractivity contribution in [2.75, 3.05) is 40.0 Å². The minimum absolute atomic E-state index is 0.00499. The molecule has 1 fully saturated rings. The van der Waals surface area contributed by atoms with Crippen molar-refractivity contribution in [3.63, 3.8) is 0 Å². The quantitative estimate of drug-likeness (QED) is 0.269. The number of ether oxygens (including phenoxy) is 4. The molecule has 3 N–H and O–H groups in total. The first kappa shape index (κ1) is 31.9. The van der Waals surface area contributed by atoms with Crippen molar-refractivity contribution in [2.24, 2.45) is 0 Å². The normalized spacial score (nSPS) is 17.2. The number of carbonyl (C=O) groups is 3. The van der Waals surface area contributed by atoms with Crippen LogP contribution in [0.3, 0.4) is 0 Å². The highest BCUT2D eigenvalue weighted by molar-refractivity contribution is 7.98. The number of hydrogen-bond donors (Lipinski definition) is 3. The summed E-state index contributed by atoms with van der Waals surface area (Å²) in [6.45, 7) is 7.35. The minimum atomic E-state index is -0.633. The lowest BCUT2D eigenvalue weighted by Crippen LogP contribution is -2.49. The van der Waals surface area contributed by atoms with Gasteiger partial charge in [0.05, 0.1) is 31.4 Å². The Balaban J connectivity index is 1.39. The fraction of sp³-hybridized carbons (Fsp3) is 0.448. The van der Waals surface area contributed by atoms with Crippen LogP contribution in [0.15, 0.2) is 52.8 Å². The van der Waals surface area contributed by atoms with Crippen LogP contribution >= 0.6 is 11.9 Å². The average molecular weight is 618 g/mol. The van der Waals surface area contributed by atoms with Gasteiger partial charge in [-0.1, -0.05) is 6.07 Å². The predicted molar refractivity (Wildman–Crippen MR) is 156 cm³/mol. The van der Waals surface area contributed by atoms with E-state index in [-0.39, 0.29) is 30.6 Å². The van der Waals surface area contributed by atoms with Crippen LogP contribution in [0.5, 0.6) is 11.5 Å². The first-order valence-corrected chi connectivity index (χ1v) is 14.6. The number of carbonyl (C=O) groups excluding carboxylic acids is 3. The first-order chi connectivity index (χ1) is 20.6. The Morgan fingerprint density at radius 1 is 1.28 bits per heavy atom. The fourth-order valence-corrected chi connectivity index (χ4v) is 5.10. The SMILES string of the molecule is COc1c(F)cccc1SNC(=O)C1=C(NCc2ccncc2OC[C@@H]2CN(C(=O)OC(C)(C)C)CCO2)CCNC1=O. The van der Waals surface area contributed by atoms with Gasteiger partial charge in [-0.15, -0.1) is 0 Å². The van der Waals surface area contributed by atoms with Gasteiger partial charge in [-0.3, -0.25) is 19.3 Å². The highest BCUT2D eigenvalue weighted by Crippen LogP contribution is 2.30. The number of rotatable bonds is 10. The molecule has 14 heteroatoms. The monoisotopic (exact) mass is 617 g/mol. The molecule has 1 saturated heterocycles. The zero-order valence-electron chi connectivity index (χ0n) is 24.5. The summed E-state index contributed by atoms with van der Waals surface area (Å²) in [4.78, 5) is 44.4. The second-order valence-corrected chi connectivity index (χ2v) is 11.6. The molecule has 0 radical (unpaired) electrons. The Kier molecular flexibility index (Phi) is 10.7. The maximum absolute atomic E-state index is 14.0. The predicted octanol–water partition coefficient (Wildman–Crippen LogP) is 2.93. The van der Waals surface area contributed by atoms with Crippen molar-refractivity contribution >= 4 is 29.9 Å². The molecule has 1 aromatic carbocycles. The molecule has 12 nitrogen and oxygen atoms in total. The van der Waals surface area contributed by atoms with E-state index >= 15 is 0 Å². The second kappa shape index (κ2) is 14.4. The van der Waals surface area contributed by atoms with Crippen LogP contribution in [0.25, 0.3) is 0 Å². The molecule has 2 aliphatic heterocycles. The maximum Gasteiger partial charge on any atom is 0.410 e. The summed E-state index contributed by atoms with van der Waals surface area (Å²) in [5.74, 6) is -1.23. The van der Waals surface area contributed by atoms with E-state index in [1.165, 1.54) is 19.2 Å². The van der Waals surface area contributed by atoms with E-state index in [4.69, 9.17) is 18.9 Å². The van der Waals surface area contributed by atoms with Gasteiger partial charge in [-0.05, 0) is 50.9 Å². The molecule has 2 aliphatic rings. The highest BCUT2D eigenvalue weighted by atomic mass is 32.2. The standard InChI is InChI=1S/C29H36FN5O7S/c1-29(2,3)42-28(38)35-12-13-40-19(16-35)17-41-22-15-31-10-8-18(22)14-33-21-9-11-32-26(36)24(21)27(37)34-43-23-7-5-6-20(30)25(23)39-4/h5-8,10,15,19,33H,9,11-14,16-17H2,1-4H3,(H,32,36)(H,34,37)/t19-/m0/s1. The van der Waals surface area contributed by atoms with Crippen molar-refractivity contribution in [2.45, 2.75) is 50.3 Å². The molecule has 1 atom stereocenters. The molecule has 4 rings (SSSR count). The Morgan fingerprint density at radius 3 is 2.86 bits per heavy atom. The topological polar surface area (TPSA) is 140 Å². The Labute approximate surface area is 253 Å². The molecular formula is C29H36FN5O7S. The summed E-state index contributed by atoms with van der Waals surface area (Å²) in [5, 5.41) is 5.89. The molecular weight excluding hydrogens is 581 g/mol. The van der Waals surface area contributed by atoms with Crippen molar-refractivity contribution < 1.29 is 37.7 Å². The molecule has 0 aliphatic carbocycles. The second-order valence-electron chi connectivity index (χ2n) is 10.7. The van der Waals surface area contributed by atoms with Crippen LogP contribution in [0.2, 0.25) is 0 Å². The molecule has 3 heterocycles. The number of nitrogens with one attached hydrogen (secondary N) is 3. The van der Waals surface area contributed by atoms with E-state index in [1.807, 2.05) is 20.8 Å². The third-order valence-electron chi connectivity index (χ3n) is 6.38. The summed E-state index contributed by atoms with van der Waals surface area (Å²) < 4.78 is 39.0. The number of benzene rings is 1. The fourth-order valence-electron chi connectivity index (χ4n) is 4.37. The van der Waals surface area contributed by atoms with Gasteiger partial charge >= 0.3 is 6.09 Å².